The normalized spacial score (nSPS) is 11.6. The Morgan fingerprint density at radius 3 is 2.73 bits per heavy atom. The number of nitrogen functional groups attached to an aromatic ring is 1. The van der Waals surface area contributed by atoms with Gasteiger partial charge in [0.2, 0.25) is 0 Å². The fourth-order valence-electron chi connectivity index (χ4n) is 2.77. The Morgan fingerprint density at radius 1 is 1.13 bits per heavy atom. The molecule has 0 fully saturated rings. The second-order valence-electron chi connectivity index (χ2n) is 6.09. The summed E-state index contributed by atoms with van der Waals surface area (Å²) in [5.41, 5.74) is 6.13. The Bertz CT molecular complexity index is 1270. The SMILES string of the molecule is Nc1cc(OCc2ccc(-n3ccccc3=O)cc2OC(F)(F)F)c2nn[nH]c2n1. The van der Waals surface area contributed by atoms with Crippen LogP contribution < -0.4 is 20.8 Å². The molecule has 0 amide bonds. The van der Waals surface area contributed by atoms with E-state index in [4.69, 9.17) is 10.5 Å². The number of nitrogens with two attached hydrogens (primary N) is 1. The van der Waals surface area contributed by atoms with E-state index in [1.807, 2.05) is 0 Å². The number of aromatic amines is 1. The van der Waals surface area contributed by atoms with Crippen molar-refractivity contribution in [1.29, 1.82) is 0 Å². The van der Waals surface area contributed by atoms with Gasteiger partial charge in [-0.2, -0.15) is 0 Å². The summed E-state index contributed by atoms with van der Waals surface area (Å²) >= 11 is 0. The smallest absolute Gasteiger partial charge is 0.486 e. The molecule has 0 aliphatic rings. The van der Waals surface area contributed by atoms with Crippen molar-refractivity contribution >= 4 is 17.0 Å². The number of alkyl halides is 3. The van der Waals surface area contributed by atoms with Crippen LogP contribution in [0.4, 0.5) is 19.0 Å². The fraction of sp³-hybridized carbons (Fsp3) is 0.111. The Morgan fingerprint density at radius 2 is 1.97 bits per heavy atom. The van der Waals surface area contributed by atoms with Crippen LogP contribution in [0.2, 0.25) is 0 Å². The maximum Gasteiger partial charge on any atom is 0.573 e. The van der Waals surface area contributed by atoms with Gasteiger partial charge in [0.05, 0.1) is 5.69 Å². The van der Waals surface area contributed by atoms with Gasteiger partial charge in [-0.15, -0.1) is 18.3 Å². The molecule has 4 rings (SSSR count). The number of nitrogens with zero attached hydrogens (tertiary/aromatic N) is 4. The van der Waals surface area contributed by atoms with E-state index in [0.717, 1.165) is 6.07 Å². The highest BCUT2D eigenvalue weighted by molar-refractivity contribution is 5.78. The van der Waals surface area contributed by atoms with Crippen LogP contribution in [0.3, 0.4) is 0 Å². The molecule has 30 heavy (non-hydrogen) atoms. The monoisotopic (exact) mass is 418 g/mol. The average molecular weight is 418 g/mol. The molecule has 0 atom stereocenters. The third kappa shape index (κ3) is 4.01. The van der Waals surface area contributed by atoms with E-state index in [2.05, 4.69) is 25.1 Å². The number of ether oxygens (including phenoxy) is 2. The summed E-state index contributed by atoms with van der Waals surface area (Å²) in [6, 6.07) is 9.75. The topological polar surface area (TPSA) is 121 Å². The number of H-pyrrole nitrogens is 1. The van der Waals surface area contributed by atoms with Gasteiger partial charge >= 0.3 is 6.36 Å². The van der Waals surface area contributed by atoms with Gasteiger partial charge in [-0.05, 0) is 18.2 Å². The van der Waals surface area contributed by atoms with Crippen LogP contribution in [0, 0.1) is 0 Å². The van der Waals surface area contributed by atoms with Gasteiger partial charge in [-0.25, -0.2) is 10.1 Å². The standard InChI is InChI=1S/C18H13F3N6O3/c19-18(20,21)30-12-7-11(27-6-2-1-3-15(27)28)5-4-10(12)9-29-13-8-14(22)23-17-16(13)24-26-25-17/h1-8H,9H2,(H3,22,23,24,25,26). The maximum atomic E-state index is 12.9. The molecular formula is C18H13F3N6O3. The highest BCUT2D eigenvalue weighted by Gasteiger charge is 2.32. The molecule has 9 nitrogen and oxygen atoms in total. The van der Waals surface area contributed by atoms with Gasteiger partial charge in [0, 0.05) is 30.0 Å². The van der Waals surface area contributed by atoms with Gasteiger partial charge in [0.15, 0.2) is 16.9 Å². The van der Waals surface area contributed by atoms with Crippen LogP contribution in [-0.2, 0) is 6.61 Å². The van der Waals surface area contributed by atoms with E-state index in [9.17, 15) is 18.0 Å². The van der Waals surface area contributed by atoms with Crippen molar-refractivity contribution < 1.29 is 22.6 Å². The molecule has 0 saturated heterocycles. The van der Waals surface area contributed by atoms with Crippen LogP contribution in [0.25, 0.3) is 16.9 Å². The zero-order valence-electron chi connectivity index (χ0n) is 15.1. The molecule has 4 aromatic rings. The van der Waals surface area contributed by atoms with Crippen molar-refractivity contribution in [1.82, 2.24) is 25.0 Å². The minimum absolute atomic E-state index is 0.0899. The van der Waals surface area contributed by atoms with Crippen molar-refractivity contribution in [2.24, 2.45) is 0 Å². The lowest BCUT2D eigenvalue weighted by Crippen LogP contribution is -2.20. The van der Waals surface area contributed by atoms with Gasteiger partial charge < -0.3 is 15.2 Å². The van der Waals surface area contributed by atoms with E-state index >= 15 is 0 Å². The first-order chi connectivity index (χ1) is 14.3. The van der Waals surface area contributed by atoms with Gasteiger partial charge in [0.1, 0.15) is 18.2 Å². The predicted molar refractivity (Wildman–Crippen MR) is 99.2 cm³/mol. The molecule has 0 radical (unpaired) electrons. The lowest BCUT2D eigenvalue weighted by molar-refractivity contribution is -0.275. The number of nitrogens with one attached hydrogen (secondary N) is 1. The van der Waals surface area contributed by atoms with Crippen LogP contribution in [0.15, 0.2) is 53.5 Å². The van der Waals surface area contributed by atoms with Crippen molar-refractivity contribution in [3.63, 3.8) is 0 Å². The second-order valence-corrected chi connectivity index (χ2v) is 6.09. The summed E-state index contributed by atoms with van der Waals surface area (Å²) in [7, 11) is 0. The Labute approximate surface area is 165 Å². The third-order valence-electron chi connectivity index (χ3n) is 4.04. The largest absolute Gasteiger partial charge is 0.573 e. The van der Waals surface area contributed by atoms with Gasteiger partial charge in [-0.1, -0.05) is 11.3 Å². The molecular weight excluding hydrogens is 405 g/mol. The van der Waals surface area contributed by atoms with E-state index in [-0.39, 0.29) is 40.6 Å². The summed E-state index contributed by atoms with van der Waals surface area (Å²) < 4.78 is 49.8. The molecule has 3 heterocycles. The molecule has 0 saturated carbocycles. The molecule has 3 aromatic heterocycles. The van der Waals surface area contributed by atoms with Crippen molar-refractivity contribution in [2.45, 2.75) is 13.0 Å². The first-order valence-corrected chi connectivity index (χ1v) is 8.47. The quantitative estimate of drug-likeness (QED) is 0.511. The Balaban J connectivity index is 1.69. The molecule has 12 heteroatoms. The summed E-state index contributed by atoms with van der Waals surface area (Å²) in [6.07, 6.45) is -3.50. The van der Waals surface area contributed by atoms with Crippen molar-refractivity contribution in [3.8, 4) is 17.2 Å². The number of fused-ring (bicyclic) bond motifs is 1. The number of hydrogen-bond donors (Lipinski definition) is 2. The van der Waals surface area contributed by atoms with E-state index in [1.54, 1.807) is 6.07 Å². The van der Waals surface area contributed by atoms with Crippen molar-refractivity contribution in [2.75, 3.05) is 5.73 Å². The molecule has 3 N–H and O–H groups in total. The van der Waals surface area contributed by atoms with E-state index in [1.165, 1.54) is 41.1 Å². The average Bonchev–Trinajstić information content (AvgIpc) is 3.14. The zero-order valence-corrected chi connectivity index (χ0v) is 15.1. The first-order valence-electron chi connectivity index (χ1n) is 8.47. The van der Waals surface area contributed by atoms with Crippen LogP contribution in [0.1, 0.15) is 5.56 Å². The summed E-state index contributed by atoms with van der Waals surface area (Å²) in [4.78, 5) is 16.0. The summed E-state index contributed by atoms with van der Waals surface area (Å²) in [5.74, 6) is -0.198. The highest BCUT2D eigenvalue weighted by Crippen LogP contribution is 2.31. The predicted octanol–water partition coefficient (Wildman–Crippen LogP) is 2.56. The van der Waals surface area contributed by atoms with Crippen LogP contribution in [0.5, 0.6) is 11.5 Å². The molecule has 0 spiro atoms. The molecule has 0 aliphatic carbocycles. The second kappa shape index (κ2) is 7.39. The van der Waals surface area contributed by atoms with E-state index in [0.29, 0.717) is 0 Å². The number of benzene rings is 1. The number of anilines is 1. The lowest BCUT2D eigenvalue weighted by atomic mass is 10.2. The van der Waals surface area contributed by atoms with Crippen molar-refractivity contribution in [3.05, 3.63) is 64.6 Å². The number of pyridine rings is 2. The highest BCUT2D eigenvalue weighted by atomic mass is 19.4. The number of rotatable bonds is 5. The first kappa shape index (κ1) is 19.2. The molecule has 154 valence electrons. The number of aromatic nitrogens is 5. The number of hydrogen-bond acceptors (Lipinski definition) is 7. The van der Waals surface area contributed by atoms with Crippen LogP contribution >= 0.6 is 0 Å². The Kier molecular flexibility index (Phi) is 4.74. The Hall–Kier alpha value is -4.09. The summed E-state index contributed by atoms with van der Waals surface area (Å²) in [5, 5.41) is 9.95. The fourth-order valence-corrected chi connectivity index (χ4v) is 2.77. The molecule has 0 aliphatic heterocycles. The third-order valence-corrected chi connectivity index (χ3v) is 4.04. The minimum atomic E-state index is -4.94. The number of halogens is 3. The zero-order chi connectivity index (χ0) is 21.3. The van der Waals surface area contributed by atoms with E-state index < -0.39 is 17.7 Å². The van der Waals surface area contributed by atoms with Gasteiger partial charge in [-0.3, -0.25) is 9.36 Å². The van der Waals surface area contributed by atoms with Gasteiger partial charge in [0.25, 0.3) is 5.56 Å². The lowest BCUT2D eigenvalue weighted by Gasteiger charge is -2.16. The maximum absolute atomic E-state index is 12.9. The molecule has 0 bridgehead atoms. The molecule has 0 unspecified atom stereocenters. The summed E-state index contributed by atoms with van der Waals surface area (Å²) in [6.45, 7) is -0.291. The molecule has 1 aromatic carbocycles. The minimum Gasteiger partial charge on any atom is -0.486 e. The van der Waals surface area contributed by atoms with Crippen LogP contribution in [-0.4, -0.2) is 31.3 Å².